The lowest BCUT2D eigenvalue weighted by atomic mass is 9.96. The van der Waals surface area contributed by atoms with Crippen LogP contribution in [0.25, 0.3) is 33.4 Å². The molecular formula is C29H34N5O6P. The van der Waals surface area contributed by atoms with Gasteiger partial charge < -0.3 is 24.9 Å². The van der Waals surface area contributed by atoms with Crippen LogP contribution in [0.3, 0.4) is 0 Å². The van der Waals surface area contributed by atoms with Crippen LogP contribution in [0.2, 0.25) is 0 Å². The number of aryl methyl sites for hydroxylation is 1. The van der Waals surface area contributed by atoms with Gasteiger partial charge in [-0.2, -0.15) is 5.10 Å². The minimum absolute atomic E-state index is 0.119. The lowest BCUT2D eigenvalue weighted by Gasteiger charge is -2.24. The number of hydrogen-bond donors (Lipinski definition) is 4. The molecule has 1 aliphatic rings. The van der Waals surface area contributed by atoms with Crippen LogP contribution < -0.4 is 10.1 Å². The molecule has 0 saturated carbocycles. The number of rotatable bonds is 12. The van der Waals surface area contributed by atoms with Crippen molar-refractivity contribution in [1.29, 1.82) is 0 Å². The summed E-state index contributed by atoms with van der Waals surface area (Å²) in [5.74, 6) is 0.471. The van der Waals surface area contributed by atoms with Gasteiger partial charge in [0, 0.05) is 54.6 Å². The molecular weight excluding hydrogens is 545 g/mol. The summed E-state index contributed by atoms with van der Waals surface area (Å²) in [6, 6.07) is 13.7. The van der Waals surface area contributed by atoms with Crippen LogP contribution in [-0.4, -0.2) is 59.0 Å². The number of hydrogen-bond acceptors (Lipinski definition) is 7. The Morgan fingerprint density at radius 2 is 2.00 bits per heavy atom. The van der Waals surface area contributed by atoms with Crippen molar-refractivity contribution in [2.24, 2.45) is 0 Å². The molecule has 1 atom stereocenters. The summed E-state index contributed by atoms with van der Waals surface area (Å²) in [7, 11) is -4.62. The van der Waals surface area contributed by atoms with Gasteiger partial charge in [-0.1, -0.05) is 6.07 Å². The van der Waals surface area contributed by atoms with Crippen molar-refractivity contribution in [3.05, 3.63) is 60.6 Å². The third kappa shape index (κ3) is 6.49. The van der Waals surface area contributed by atoms with E-state index in [-0.39, 0.29) is 31.7 Å². The number of benzene rings is 1. The molecule has 0 fully saturated rings. The Labute approximate surface area is 237 Å². The second-order valence-corrected chi connectivity index (χ2v) is 12.5. The van der Waals surface area contributed by atoms with Crippen molar-refractivity contribution < 1.29 is 29.0 Å². The number of ether oxygens (including phenoxy) is 1. The highest BCUT2D eigenvalue weighted by Gasteiger charge is 2.39. The molecule has 12 heteroatoms. The van der Waals surface area contributed by atoms with Crippen LogP contribution in [0.4, 0.5) is 0 Å². The Morgan fingerprint density at radius 3 is 2.78 bits per heavy atom. The minimum atomic E-state index is -4.62. The predicted octanol–water partition coefficient (Wildman–Crippen LogP) is 4.05. The van der Waals surface area contributed by atoms with Gasteiger partial charge in [0.05, 0.1) is 17.8 Å². The maximum Gasteiger partial charge on any atom is 0.356 e. The molecule has 11 nitrogen and oxygen atoms in total. The summed E-state index contributed by atoms with van der Waals surface area (Å²) in [6.07, 6.45) is 6.47. The van der Waals surface area contributed by atoms with Gasteiger partial charge in [0.15, 0.2) is 5.34 Å². The van der Waals surface area contributed by atoms with Crippen molar-refractivity contribution in [2.45, 2.75) is 57.3 Å². The van der Waals surface area contributed by atoms with E-state index in [1.54, 1.807) is 12.4 Å². The third-order valence-electron chi connectivity index (χ3n) is 7.33. The Hall–Kier alpha value is -3.63. The average Bonchev–Trinajstić information content (AvgIpc) is 3.55. The van der Waals surface area contributed by atoms with Crippen molar-refractivity contribution in [2.75, 3.05) is 13.2 Å². The number of carbonyl (C=O) groups is 1. The SMILES string of the molecule is CC(O)(CCCNC(=O)CCCOc1ccc2c(-c3c(-c4ccccn4)nn4c3CCC4)ccnc2c1)P(=O)(O)O. The highest BCUT2D eigenvalue weighted by atomic mass is 31.2. The fourth-order valence-electron chi connectivity index (χ4n) is 5.04. The first-order chi connectivity index (χ1) is 19.6. The maximum atomic E-state index is 12.1. The summed E-state index contributed by atoms with van der Waals surface area (Å²) >= 11 is 0. The molecule has 0 radical (unpaired) electrons. The topological polar surface area (TPSA) is 160 Å². The fraction of sp³-hybridized carbons (Fsp3) is 0.379. The van der Waals surface area contributed by atoms with Crippen molar-refractivity contribution >= 4 is 24.4 Å². The zero-order chi connectivity index (χ0) is 29.0. The van der Waals surface area contributed by atoms with Crippen LogP contribution in [0.5, 0.6) is 5.75 Å². The molecule has 1 amide bonds. The molecule has 4 aromatic rings. The lowest BCUT2D eigenvalue weighted by Crippen LogP contribution is -2.28. The molecule has 3 aromatic heterocycles. The Morgan fingerprint density at radius 1 is 1.15 bits per heavy atom. The van der Waals surface area contributed by atoms with E-state index in [2.05, 4.69) is 20.0 Å². The summed E-state index contributed by atoms with van der Waals surface area (Å²) in [6.45, 7) is 2.55. The number of nitrogens with one attached hydrogen (secondary N) is 1. The van der Waals surface area contributed by atoms with E-state index in [9.17, 15) is 14.5 Å². The standard InChI is InChI=1S/C29H34N5O6P/c1-29(36,41(37,38)39)13-6-15-32-26(35)9-5-18-40-20-10-11-21-22(12-16-31-24(21)19-20)27-25-8-4-17-34(25)33-28(27)23-7-2-3-14-30-23/h2-3,7,10-12,14,16,19,36H,4-6,8-9,13,15,17-18H2,1H3,(H,32,35)(H2,37,38,39). The molecule has 0 saturated heterocycles. The normalized spacial score (nSPS) is 14.5. The lowest BCUT2D eigenvalue weighted by molar-refractivity contribution is -0.121. The van der Waals surface area contributed by atoms with Gasteiger partial charge in [0.25, 0.3) is 0 Å². The molecule has 1 unspecified atom stereocenters. The Bertz CT molecular complexity index is 1580. The second kappa shape index (κ2) is 12.1. The average molecular weight is 580 g/mol. The summed E-state index contributed by atoms with van der Waals surface area (Å²) in [5, 5.41) is 16.3. The molecule has 1 aliphatic heterocycles. The van der Waals surface area contributed by atoms with Gasteiger partial charge in [-0.3, -0.25) is 24.0 Å². The molecule has 5 rings (SSSR count). The number of pyridine rings is 2. The molecule has 0 bridgehead atoms. The second-order valence-electron chi connectivity index (χ2n) is 10.4. The zero-order valence-electron chi connectivity index (χ0n) is 22.9. The van der Waals surface area contributed by atoms with Crippen molar-refractivity contribution in [1.82, 2.24) is 25.1 Å². The summed E-state index contributed by atoms with van der Waals surface area (Å²) in [5.41, 5.74) is 5.88. The number of aromatic nitrogens is 4. The third-order valence-corrected chi connectivity index (χ3v) is 8.80. The van der Waals surface area contributed by atoms with Gasteiger partial charge in [0.1, 0.15) is 11.4 Å². The predicted molar refractivity (Wildman–Crippen MR) is 154 cm³/mol. The molecule has 216 valence electrons. The number of amides is 1. The Balaban J connectivity index is 1.20. The molecule has 0 spiro atoms. The van der Waals surface area contributed by atoms with Crippen LogP contribution in [0.1, 0.15) is 44.7 Å². The smallest absolute Gasteiger partial charge is 0.356 e. The Kier molecular flexibility index (Phi) is 8.51. The van der Waals surface area contributed by atoms with Gasteiger partial charge in [-0.05, 0) is 74.9 Å². The quantitative estimate of drug-likeness (QED) is 0.143. The first-order valence-corrected chi connectivity index (χ1v) is 15.3. The van der Waals surface area contributed by atoms with Gasteiger partial charge >= 0.3 is 7.60 Å². The highest BCUT2D eigenvalue weighted by molar-refractivity contribution is 7.53. The van der Waals surface area contributed by atoms with Gasteiger partial charge in [-0.25, -0.2) is 0 Å². The van der Waals surface area contributed by atoms with Crippen LogP contribution in [-0.2, 0) is 22.3 Å². The number of nitrogens with zero attached hydrogens (tertiary/aromatic N) is 4. The molecule has 0 aliphatic carbocycles. The molecule has 1 aromatic carbocycles. The highest BCUT2D eigenvalue weighted by Crippen LogP contribution is 2.50. The first-order valence-electron chi connectivity index (χ1n) is 13.7. The summed E-state index contributed by atoms with van der Waals surface area (Å²) in [4.78, 5) is 39.5. The van der Waals surface area contributed by atoms with Gasteiger partial charge in [0.2, 0.25) is 5.91 Å². The van der Waals surface area contributed by atoms with E-state index in [1.165, 1.54) is 5.69 Å². The van der Waals surface area contributed by atoms with E-state index >= 15 is 0 Å². The number of carbonyl (C=O) groups excluding carboxylic acids is 1. The van der Waals surface area contributed by atoms with Crippen LogP contribution in [0, 0.1) is 0 Å². The zero-order valence-corrected chi connectivity index (χ0v) is 23.8. The van der Waals surface area contributed by atoms with Crippen molar-refractivity contribution in [3.8, 4) is 28.3 Å². The minimum Gasteiger partial charge on any atom is -0.494 e. The first kappa shape index (κ1) is 28.9. The fourth-order valence-corrected chi connectivity index (χ4v) is 5.49. The van der Waals surface area contributed by atoms with E-state index in [0.29, 0.717) is 18.8 Å². The largest absolute Gasteiger partial charge is 0.494 e. The molecule has 4 N–H and O–H groups in total. The van der Waals surface area contributed by atoms with E-state index in [0.717, 1.165) is 59.7 Å². The maximum absolute atomic E-state index is 12.1. The van der Waals surface area contributed by atoms with E-state index in [4.69, 9.17) is 19.6 Å². The number of fused-ring (bicyclic) bond motifs is 2. The monoisotopic (exact) mass is 579 g/mol. The van der Waals surface area contributed by atoms with E-state index < -0.39 is 12.9 Å². The molecule has 4 heterocycles. The summed E-state index contributed by atoms with van der Waals surface area (Å²) < 4.78 is 19.2. The number of aliphatic hydroxyl groups is 1. The van der Waals surface area contributed by atoms with Crippen LogP contribution in [0.15, 0.2) is 54.9 Å². The molecule has 41 heavy (non-hydrogen) atoms. The van der Waals surface area contributed by atoms with Gasteiger partial charge in [-0.15, -0.1) is 0 Å². The van der Waals surface area contributed by atoms with Crippen molar-refractivity contribution in [3.63, 3.8) is 0 Å². The van der Waals surface area contributed by atoms with Crippen LogP contribution >= 0.6 is 7.60 Å². The van der Waals surface area contributed by atoms with E-state index in [1.807, 2.05) is 42.5 Å².